The van der Waals surface area contributed by atoms with E-state index in [-0.39, 0.29) is 5.91 Å². The van der Waals surface area contributed by atoms with Crippen molar-refractivity contribution in [2.45, 2.75) is 43.6 Å². The van der Waals surface area contributed by atoms with Crippen molar-refractivity contribution in [1.29, 1.82) is 0 Å². The lowest BCUT2D eigenvalue weighted by Gasteiger charge is -2.46. The van der Waals surface area contributed by atoms with Crippen molar-refractivity contribution in [3.05, 3.63) is 59.9 Å². The van der Waals surface area contributed by atoms with E-state index in [4.69, 9.17) is 5.73 Å². The summed E-state index contributed by atoms with van der Waals surface area (Å²) in [7, 11) is 0. The van der Waals surface area contributed by atoms with Crippen LogP contribution in [0.25, 0.3) is 0 Å². The van der Waals surface area contributed by atoms with Gasteiger partial charge in [0.25, 0.3) is 0 Å². The van der Waals surface area contributed by atoms with Gasteiger partial charge in [0, 0.05) is 38.1 Å². The SMILES string of the molecule is Cc1cccc(N2CCC(O)(CN3CCCC(C(N)=O)(c4ccccn4)C3)CC2)c1. The molecule has 30 heavy (non-hydrogen) atoms. The molecule has 4 rings (SSSR count). The lowest BCUT2D eigenvalue weighted by atomic mass is 9.75. The third kappa shape index (κ3) is 4.20. The largest absolute Gasteiger partial charge is 0.388 e. The molecular weight excluding hydrogens is 376 g/mol. The Morgan fingerprint density at radius 2 is 1.93 bits per heavy atom. The molecule has 0 saturated carbocycles. The first-order chi connectivity index (χ1) is 14.4. The Labute approximate surface area is 178 Å². The number of aromatic nitrogens is 1. The van der Waals surface area contributed by atoms with E-state index in [1.54, 1.807) is 6.20 Å². The number of nitrogens with zero attached hydrogens (tertiary/aromatic N) is 3. The molecule has 6 nitrogen and oxygen atoms in total. The van der Waals surface area contributed by atoms with Crippen molar-refractivity contribution in [2.75, 3.05) is 37.6 Å². The first-order valence-electron chi connectivity index (χ1n) is 10.9. The molecule has 0 bridgehead atoms. The van der Waals surface area contributed by atoms with E-state index in [1.807, 2.05) is 18.2 Å². The standard InChI is InChI=1S/C24H32N4O2/c1-19-6-4-7-20(16-19)28-14-10-23(30,11-15-28)17-27-13-5-9-24(18-27,22(25)29)21-8-2-3-12-26-21/h2-4,6-8,12,16,30H,5,9-11,13-15,17-18H2,1H3,(H2,25,29). The summed E-state index contributed by atoms with van der Waals surface area (Å²) in [5, 5.41) is 11.3. The first-order valence-corrected chi connectivity index (χ1v) is 10.9. The van der Waals surface area contributed by atoms with E-state index in [9.17, 15) is 9.90 Å². The van der Waals surface area contributed by atoms with Gasteiger partial charge in [-0.2, -0.15) is 0 Å². The highest BCUT2D eigenvalue weighted by molar-refractivity contribution is 5.86. The van der Waals surface area contributed by atoms with Gasteiger partial charge in [0.1, 0.15) is 5.41 Å². The topological polar surface area (TPSA) is 82.7 Å². The molecule has 1 atom stereocenters. The number of carbonyl (C=O) groups excluding carboxylic acids is 1. The number of carbonyl (C=O) groups is 1. The molecule has 1 unspecified atom stereocenters. The number of hydrogen-bond donors (Lipinski definition) is 2. The summed E-state index contributed by atoms with van der Waals surface area (Å²) in [5.74, 6) is -0.327. The predicted octanol–water partition coefficient (Wildman–Crippen LogP) is 2.24. The Morgan fingerprint density at radius 3 is 2.60 bits per heavy atom. The van der Waals surface area contributed by atoms with Crippen LogP contribution >= 0.6 is 0 Å². The lowest BCUT2D eigenvalue weighted by Crippen LogP contribution is -2.58. The molecule has 1 aromatic carbocycles. The fourth-order valence-corrected chi connectivity index (χ4v) is 5.04. The number of nitrogens with two attached hydrogens (primary N) is 1. The zero-order valence-electron chi connectivity index (χ0n) is 17.8. The number of piperidine rings is 2. The second kappa shape index (κ2) is 8.36. The first kappa shape index (κ1) is 20.8. The summed E-state index contributed by atoms with van der Waals surface area (Å²) < 4.78 is 0. The van der Waals surface area contributed by atoms with Gasteiger partial charge in [0.05, 0.1) is 11.3 Å². The smallest absolute Gasteiger partial charge is 0.230 e. The molecule has 1 amide bonds. The van der Waals surface area contributed by atoms with E-state index in [0.717, 1.165) is 31.7 Å². The average Bonchev–Trinajstić information content (AvgIpc) is 2.74. The van der Waals surface area contributed by atoms with Crippen molar-refractivity contribution >= 4 is 11.6 Å². The number of aryl methyl sites for hydroxylation is 1. The fourth-order valence-electron chi connectivity index (χ4n) is 5.04. The molecular formula is C24H32N4O2. The van der Waals surface area contributed by atoms with Gasteiger partial charge in [-0.15, -0.1) is 0 Å². The number of likely N-dealkylation sites (tertiary alicyclic amines) is 1. The third-order valence-corrected chi connectivity index (χ3v) is 6.78. The molecule has 0 radical (unpaired) electrons. The fraction of sp³-hybridized carbons (Fsp3) is 0.500. The molecule has 3 N–H and O–H groups in total. The number of primary amides is 1. The van der Waals surface area contributed by atoms with Crippen LogP contribution < -0.4 is 10.6 Å². The van der Waals surface area contributed by atoms with E-state index in [2.05, 4.69) is 46.0 Å². The van der Waals surface area contributed by atoms with Gasteiger partial charge < -0.3 is 15.7 Å². The summed E-state index contributed by atoms with van der Waals surface area (Å²) in [6.45, 7) is 5.71. The molecule has 2 aliphatic rings. The van der Waals surface area contributed by atoms with Crippen molar-refractivity contribution in [3.63, 3.8) is 0 Å². The van der Waals surface area contributed by atoms with Crippen LogP contribution in [0.1, 0.15) is 36.9 Å². The van der Waals surface area contributed by atoms with E-state index >= 15 is 0 Å². The van der Waals surface area contributed by atoms with Crippen LogP contribution in [0.4, 0.5) is 5.69 Å². The number of aliphatic hydroxyl groups is 1. The van der Waals surface area contributed by atoms with Crippen molar-refractivity contribution < 1.29 is 9.90 Å². The Kier molecular flexibility index (Phi) is 5.80. The highest BCUT2D eigenvalue weighted by Gasteiger charge is 2.45. The zero-order valence-corrected chi connectivity index (χ0v) is 17.8. The highest BCUT2D eigenvalue weighted by Crippen LogP contribution is 2.35. The number of hydrogen-bond acceptors (Lipinski definition) is 5. The van der Waals surface area contributed by atoms with Crippen LogP contribution in [0.3, 0.4) is 0 Å². The number of amides is 1. The van der Waals surface area contributed by atoms with Crippen LogP contribution in [0.5, 0.6) is 0 Å². The van der Waals surface area contributed by atoms with Crippen LogP contribution in [0.15, 0.2) is 48.7 Å². The average molecular weight is 409 g/mol. The Balaban J connectivity index is 1.43. The van der Waals surface area contributed by atoms with E-state index in [0.29, 0.717) is 32.4 Å². The maximum Gasteiger partial charge on any atom is 0.230 e. The molecule has 0 spiro atoms. The van der Waals surface area contributed by atoms with Gasteiger partial charge in [0.2, 0.25) is 5.91 Å². The second-order valence-electron chi connectivity index (χ2n) is 9.03. The number of benzene rings is 1. The maximum atomic E-state index is 12.5. The minimum Gasteiger partial charge on any atom is -0.388 e. The van der Waals surface area contributed by atoms with Gasteiger partial charge in [-0.25, -0.2) is 0 Å². The van der Waals surface area contributed by atoms with Gasteiger partial charge in [-0.1, -0.05) is 18.2 Å². The summed E-state index contributed by atoms with van der Waals surface area (Å²) in [6.07, 6.45) is 4.71. The van der Waals surface area contributed by atoms with Crippen LogP contribution in [0.2, 0.25) is 0 Å². The zero-order chi connectivity index (χ0) is 21.2. The number of pyridine rings is 1. The molecule has 2 saturated heterocycles. The van der Waals surface area contributed by atoms with E-state index < -0.39 is 11.0 Å². The summed E-state index contributed by atoms with van der Waals surface area (Å²) in [6, 6.07) is 14.2. The number of anilines is 1. The summed E-state index contributed by atoms with van der Waals surface area (Å²) in [5.41, 5.74) is 7.57. The molecule has 3 heterocycles. The molecule has 0 aliphatic carbocycles. The molecule has 2 aromatic rings. The maximum absolute atomic E-state index is 12.5. The monoisotopic (exact) mass is 408 g/mol. The Bertz CT molecular complexity index is 880. The summed E-state index contributed by atoms with van der Waals surface area (Å²) in [4.78, 5) is 21.5. The minimum atomic E-state index is -0.780. The molecule has 2 aliphatic heterocycles. The number of rotatable bonds is 5. The Hall–Kier alpha value is -2.44. The molecule has 160 valence electrons. The predicted molar refractivity (Wildman–Crippen MR) is 118 cm³/mol. The van der Waals surface area contributed by atoms with E-state index in [1.165, 1.54) is 11.3 Å². The van der Waals surface area contributed by atoms with Gasteiger partial charge in [0.15, 0.2) is 0 Å². The van der Waals surface area contributed by atoms with Gasteiger partial charge in [-0.05, 0) is 69.0 Å². The molecule has 6 heteroatoms. The van der Waals surface area contributed by atoms with Crippen LogP contribution in [-0.4, -0.2) is 59.2 Å². The van der Waals surface area contributed by atoms with Crippen LogP contribution in [-0.2, 0) is 10.2 Å². The van der Waals surface area contributed by atoms with Crippen molar-refractivity contribution in [1.82, 2.24) is 9.88 Å². The molecule has 1 aromatic heterocycles. The van der Waals surface area contributed by atoms with Crippen molar-refractivity contribution in [3.8, 4) is 0 Å². The third-order valence-electron chi connectivity index (χ3n) is 6.78. The minimum absolute atomic E-state index is 0.327. The van der Waals surface area contributed by atoms with Crippen molar-refractivity contribution in [2.24, 2.45) is 5.73 Å². The van der Waals surface area contributed by atoms with Gasteiger partial charge >= 0.3 is 0 Å². The Morgan fingerprint density at radius 1 is 1.13 bits per heavy atom. The second-order valence-corrected chi connectivity index (χ2v) is 9.03. The quantitative estimate of drug-likeness (QED) is 0.793. The number of β-amino-alcohol motifs (C(OH)–C–C–N with tert-alkyl or cyclic N) is 1. The summed E-state index contributed by atoms with van der Waals surface area (Å²) >= 11 is 0. The van der Waals surface area contributed by atoms with Gasteiger partial charge in [-0.3, -0.25) is 14.7 Å². The highest BCUT2D eigenvalue weighted by atomic mass is 16.3. The van der Waals surface area contributed by atoms with Crippen LogP contribution in [0, 0.1) is 6.92 Å². The molecule has 2 fully saturated rings. The normalized spacial score (nSPS) is 24.5. The lowest BCUT2D eigenvalue weighted by molar-refractivity contribution is -0.126.